The molecule has 1 aromatic heterocycles. The Kier molecular flexibility index (Phi) is 5.99. The minimum absolute atomic E-state index is 0.0640. The van der Waals surface area contributed by atoms with Gasteiger partial charge in [-0.15, -0.1) is 0 Å². The number of carbonyl (C=O) groups excluding carboxylic acids is 2. The van der Waals surface area contributed by atoms with Crippen LogP contribution in [0.1, 0.15) is 82.8 Å². The van der Waals surface area contributed by atoms with Crippen LogP contribution in [-0.4, -0.2) is 43.9 Å². The summed E-state index contributed by atoms with van der Waals surface area (Å²) >= 11 is 0. The molecule has 4 saturated carbocycles. The second-order valence-electron chi connectivity index (χ2n) is 11.5. The molecule has 5 rings (SSSR count). The van der Waals surface area contributed by atoms with Crippen LogP contribution >= 0.6 is 0 Å². The Balaban J connectivity index is 1.53. The summed E-state index contributed by atoms with van der Waals surface area (Å²) in [6, 6.07) is 0.142. The van der Waals surface area contributed by atoms with Gasteiger partial charge in [-0.05, 0) is 82.1 Å². The van der Waals surface area contributed by atoms with Crippen LogP contribution in [0.4, 0.5) is 0 Å². The van der Waals surface area contributed by atoms with Crippen molar-refractivity contribution in [1.82, 2.24) is 20.4 Å². The van der Waals surface area contributed by atoms with Gasteiger partial charge in [-0.25, -0.2) is 4.68 Å². The first-order valence-electron chi connectivity index (χ1n) is 12.0. The molecule has 32 heavy (non-hydrogen) atoms. The van der Waals surface area contributed by atoms with Crippen molar-refractivity contribution in [2.75, 3.05) is 0 Å². The maximum Gasteiger partial charge on any atom is 0.255 e. The van der Waals surface area contributed by atoms with Crippen LogP contribution in [0.3, 0.4) is 0 Å². The Hall–Kier alpha value is -2.15. The number of carbonyl (C=O) groups is 2. The highest BCUT2D eigenvalue weighted by molar-refractivity contribution is 5.95. The third-order valence-electron chi connectivity index (χ3n) is 7.41. The summed E-state index contributed by atoms with van der Waals surface area (Å²) < 4.78 is 1.76. The minimum Gasteiger partial charge on any atom is -0.390 e. The summed E-state index contributed by atoms with van der Waals surface area (Å²) in [7, 11) is 0. The summed E-state index contributed by atoms with van der Waals surface area (Å²) in [6.07, 6.45) is 10.9. The van der Waals surface area contributed by atoms with Gasteiger partial charge in [0.25, 0.3) is 5.91 Å². The topological polar surface area (TPSA) is 96.2 Å². The van der Waals surface area contributed by atoms with Crippen LogP contribution in [-0.2, 0) is 11.2 Å². The van der Waals surface area contributed by atoms with E-state index in [9.17, 15) is 14.7 Å². The maximum absolute atomic E-state index is 13.4. The van der Waals surface area contributed by atoms with E-state index >= 15 is 0 Å². The number of aliphatic hydroxyl groups is 1. The van der Waals surface area contributed by atoms with Crippen LogP contribution < -0.4 is 10.6 Å². The second-order valence-corrected chi connectivity index (χ2v) is 11.5. The van der Waals surface area contributed by atoms with Crippen LogP contribution in [0.2, 0.25) is 0 Å². The molecule has 2 unspecified atom stereocenters. The van der Waals surface area contributed by atoms with E-state index in [1.165, 1.54) is 6.92 Å². The molecule has 7 heteroatoms. The molecule has 3 N–H and O–H groups in total. The lowest BCUT2D eigenvalue weighted by Gasteiger charge is -2.58. The third kappa shape index (κ3) is 4.77. The SMILES string of the molecule is CC(=O)NC(C)(C)C=Cn1ncc(C(=O)NC2C3CC4CC2CC(O)(C4)C3)c1CC(C)C. The van der Waals surface area contributed by atoms with Crippen molar-refractivity contribution in [2.24, 2.45) is 23.7 Å². The summed E-state index contributed by atoms with van der Waals surface area (Å²) in [5.74, 6) is 1.56. The molecule has 4 fully saturated rings. The number of hydrogen-bond acceptors (Lipinski definition) is 4. The Morgan fingerprint density at radius 2 is 1.94 bits per heavy atom. The molecule has 176 valence electrons. The first-order chi connectivity index (χ1) is 14.9. The van der Waals surface area contributed by atoms with Crippen molar-refractivity contribution in [3.63, 3.8) is 0 Å². The zero-order valence-electron chi connectivity index (χ0n) is 20.0. The number of amides is 2. The van der Waals surface area contributed by atoms with E-state index in [-0.39, 0.29) is 17.9 Å². The Morgan fingerprint density at radius 3 is 2.50 bits per heavy atom. The maximum atomic E-state index is 13.4. The highest BCUT2D eigenvalue weighted by Gasteiger charge is 2.55. The molecule has 0 saturated heterocycles. The molecular formula is C25H38N4O3. The van der Waals surface area contributed by atoms with Crippen LogP contribution in [0.15, 0.2) is 12.3 Å². The van der Waals surface area contributed by atoms with Crippen LogP contribution in [0, 0.1) is 23.7 Å². The standard InChI is InChI=1S/C25H38N4O3/c1-15(2)8-21-20(14-26-29(21)7-6-24(4,5)28-16(3)30)23(31)27-22-18-9-17-10-19(22)13-25(32,11-17)12-18/h6-7,14-15,17-19,22,32H,8-13H2,1-5H3,(H,27,31)(H,28,30). The average Bonchev–Trinajstić information content (AvgIpc) is 3.02. The molecule has 1 aromatic rings. The van der Waals surface area contributed by atoms with E-state index in [4.69, 9.17) is 0 Å². The normalized spacial score (nSPS) is 31.5. The number of rotatable bonds is 7. The first kappa shape index (κ1) is 23.0. The molecule has 4 aliphatic rings. The molecule has 4 bridgehead atoms. The van der Waals surface area contributed by atoms with Crippen LogP contribution in [0.5, 0.6) is 0 Å². The average molecular weight is 443 g/mol. The van der Waals surface area contributed by atoms with Gasteiger partial charge in [0.15, 0.2) is 0 Å². The van der Waals surface area contributed by atoms with Gasteiger partial charge in [-0.1, -0.05) is 13.8 Å². The summed E-state index contributed by atoms with van der Waals surface area (Å²) in [4.78, 5) is 24.8. The van der Waals surface area contributed by atoms with Gasteiger partial charge < -0.3 is 15.7 Å². The van der Waals surface area contributed by atoms with Crippen molar-refractivity contribution in [1.29, 1.82) is 0 Å². The second kappa shape index (κ2) is 8.32. The lowest BCUT2D eigenvalue weighted by molar-refractivity contribution is -0.136. The molecule has 1 heterocycles. The molecule has 2 amide bonds. The Labute approximate surface area is 191 Å². The minimum atomic E-state index is -0.518. The molecule has 2 atom stereocenters. The quantitative estimate of drug-likeness (QED) is 0.604. The number of nitrogens with one attached hydrogen (secondary N) is 2. The molecule has 0 radical (unpaired) electrons. The summed E-state index contributed by atoms with van der Waals surface area (Å²) in [5.41, 5.74) is 0.482. The first-order valence-corrected chi connectivity index (χ1v) is 12.0. The fraction of sp³-hybridized carbons (Fsp3) is 0.720. The zero-order chi connectivity index (χ0) is 23.3. The highest BCUT2D eigenvalue weighted by atomic mass is 16.3. The number of nitrogens with zero attached hydrogens (tertiary/aromatic N) is 2. The van der Waals surface area contributed by atoms with E-state index in [2.05, 4.69) is 29.6 Å². The van der Waals surface area contributed by atoms with Gasteiger partial charge in [-0.3, -0.25) is 9.59 Å². The number of hydrogen-bond donors (Lipinski definition) is 3. The molecule has 7 nitrogen and oxygen atoms in total. The van der Waals surface area contributed by atoms with E-state index in [1.807, 2.05) is 26.1 Å². The largest absolute Gasteiger partial charge is 0.390 e. The van der Waals surface area contributed by atoms with Crippen molar-refractivity contribution >= 4 is 18.0 Å². The number of aromatic nitrogens is 2. The molecule has 0 spiro atoms. The van der Waals surface area contributed by atoms with Gasteiger partial charge in [0.2, 0.25) is 5.91 Å². The fourth-order valence-corrected chi connectivity index (χ4v) is 6.49. The van der Waals surface area contributed by atoms with Gasteiger partial charge in [0, 0.05) is 19.2 Å². The van der Waals surface area contributed by atoms with Crippen molar-refractivity contribution in [3.8, 4) is 0 Å². The lowest BCUT2D eigenvalue weighted by atomic mass is 9.52. The van der Waals surface area contributed by atoms with Crippen molar-refractivity contribution in [3.05, 3.63) is 23.5 Å². The van der Waals surface area contributed by atoms with Crippen molar-refractivity contribution in [2.45, 2.75) is 90.3 Å². The monoisotopic (exact) mass is 442 g/mol. The van der Waals surface area contributed by atoms with E-state index in [0.717, 1.165) is 44.2 Å². The summed E-state index contributed by atoms with van der Waals surface area (Å²) in [5, 5.41) is 21.6. The third-order valence-corrected chi connectivity index (χ3v) is 7.41. The zero-order valence-corrected chi connectivity index (χ0v) is 20.0. The predicted octanol–water partition coefficient (Wildman–Crippen LogP) is 3.14. The van der Waals surface area contributed by atoms with E-state index in [1.54, 1.807) is 10.9 Å². The molecular weight excluding hydrogens is 404 g/mol. The highest BCUT2D eigenvalue weighted by Crippen LogP contribution is 2.55. The predicted molar refractivity (Wildman–Crippen MR) is 124 cm³/mol. The van der Waals surface area contributed by atoms with E-state index in [0.29, 0.717) is 29.2 Å². The van der Waals surface area contributed by atoms with Gasteiger partial charge >= 0.3 is 0 Å². The molecule has 4 aliphatic carbocycles. The van der Waals surface area contributed by atoms with Gasteiger partial charge in [0.05, 0.1) is 28.6 Å². The van der Waals surface area contributed by atoms with Gasteiger partial charge in [-0.2, -0.15) is 5.10 Å². The van der Waals surface area contributed by atoms with Crippen LogP contribution in [0.25, 0.3) is 6.20 Å². The Morgan fingerprint density at radius 1 is 1.28 bits per heavy atom. The summed E-state index contributed by atoms with van der Waals surface area (Å²) in [6.45, 7) is 9.60. The van der Waals surface area contributed by atoms with Crippen molar-refractivity contribution < 1.29 is 14.7 Å². The smallest absolute Gasteiger partial charge is 0.255 e. The molecule has 0 aliphatic heterocycles. The van der Waals surface area contributed by atoms with E-state index < -0.39 is 11.1 Å². The fourth-order valence-electron chi connectivity index (χ4n) is 6.49. The lowest BCUT2D eigenvalue weighted by Crippen LogP contribution is -2.61. The molecule has 0 aromatic carbocycles. The van der Waals surface area contributed by atoms with Gasteiger partial charge in [0.1, 0.15) is 0 Å². The Bertz CT molecular complexity index is 900.